The van der Waals surface area contributed by atoms with Gasteiger partial charge in [0, 0.05) is 5.56 Å². The Bertz CT molecular complexity index is 1370. The van der Waals surface area contributed by atoms with Crippen molar-refractivity contribution in [3.8, 4) is 16.3 Å². The van der Waals surface area contributed by atoms with Gasteiger partial charge in [0.15, 0.2) is 10.8 Å². The van der Waals surface area contributed by atoms with Gasteiger partial charge in [0.2, 0.25) is 0 Å². The normalized spacial score (nSPS) is 11.7. The number of hydrogen-bond acceptors (Lipinski definition) is 5. The van der Waals surface area contributed by atoms with Crippen molar-refractivity contribution in [3.63, 3.8) is 0 Å². The molecule has 0 aliphatic rings. The van der Waals surface area contributed by atoms with E-state index in [-0.39, 0.29) is 5.91 Å². The molecule has 0 spiro atoms. The molecule has 5 nitrogen and oxygen atoms in total. The first-order valence-electron chi connectivity index (χ1n) is 9.37. The van der Waals surface area contributed by atoms with Crippen molar-refractivity contribution in [2.24, 2.45) is 0 Å². The molecule has 0 saturated carbocycles. The maximum Gasteiger partial charge on any atom is 0.435 e. The van der Waals surface area contributed by atoms with Gasteiger partial charge in [0.25, 0.3) is 5.91 Å². The quantitative estimate of drug-likeness (QED) is 0.327. The number of fused-ring (bicyclic) bond motifs is 1. The first-order chi connectivity index (χ1) is 15.4. The third-order valence-electron chi connectivity index (χ3n) is 4.66. The zero-order valence-corrected chi connectivity index (χ0v) is 17.8. The van der Waals surface area contributed by atoms with Crippen LogP contribution in [0.15, 0.2) is 72.1 Å². The first-order valence-corrected chi connectivity index (χ1v) is 11.1. The highest BCUT2D eigenvalue weighted by Gasteiger charge is 2.35. The molecule has 0 atom stereocenters. The molecule has 10 heteroatoms. The first kappa shape index (κ1) is 20.4. The van der Waals surface area contributed by atoms with Crippen molar-refractivity contribution in [2.45, 2.75) is 6.18 Å². The number of benzene rings is 2. The molecule has 1 N–H and O–H groups in total. The second-order valence-corrected chi connectivity index (χ2v) is 8.77. The van der Waals surface area contributed by atoms with E-state index in [1.807, 2.05) is 24.3 Å². The Kier molecular flexibility index (Phi) is 5.03. The highest BCUT2D eigenvalue weighted by Crippen LogP contribution is 2.34. The minimum atomic E-state index is -4.56. The van der Waals surface area contributed by atoms with E-state index in [1.54, 1.807) is 41.8 Å². The predicted molar refractivity (Wildman–Crippen MR) is 119 cm³/mol. The molecule has 5 aromatic rings. The van der Waals surface area contributed by atoms with Gasteiger partial charge < -0.3 is 0 Å². The number of carbonyl (C=O) groups excluding carboxylic acids is 1. The summed E-state index contributed by atoms with van der Waals surface area (Å²) in [7, 11) is 0. The van der Waals surface area contributed by atoms with Gasteiger partial charge in [-0.1, -0.05) is 29.5 Å². The lowest BCUT2D eigenvalue weighted by Gasteiger charge is -2.08. The lowest BCUT2D eigenvalue weighted by atomic mass is 10.2. The molecule has 0 fully saturated rings. The number of rotatable bonds is 4. The molecule has 3 heterocycles. The molecule has 1 amide bonds. The number of carbonyl (C=O) groups is 1. The third-order valence-corrected chi connectivity index (χ3v) is 6.51. The molecule has 0 aliphatic carbocycles. The number of hydrogen-bond donors (Lipinski definition) is 1. The van der Waals surface area contributed by atoms with Crippen LogP contribution in [0.1, 0.15) is 16.1 Å². The van der Waals surface area contributed by atoms with Gasteiger partial charge in [0.1, 0.15) is 0 Å². The van der Waals surface area contributed by atoms with Crippen LogP contribution in [0.3, 0.4) is 0 Å². The number of anilines is 1. The van der Waals surface area contributed by atoms with Crippen LogP contribution in [0.4, 0.5) is 18.3 Å². The van der Waals surface area contributed by atoms with Crippen molar-refractivity contribution < 1.29 is 18.0 Å². The summed E-state index contributed by atoms with van der Waals surface area (Å²) in [4.78, 5) is 17.6. The van der Waals surface area contributed by atoms with Crippen LogP contribution >= 0.6 is 22.7 Å². The highest BCUT2D eigenvalue weighted by molar-refractivity contribution is 7.22. The van der Waals surface area contributed by atoms with Crippen LogP contribution < -0.4 is 5.32 Å². The second kappa shape index (κ2) is 7.88. The molecule has 32 heavy (non-hydrogen) atoms. The number of nitrogens with one attached hydrogen (secondary N) is 1. The summed E-state index contributed by atoms with van der Waals surface area (Å²) in [5, 5.41) is 8.79. The predicted octanol–water partition coefficient (Wildman–Crippen LogP) is 6.48. The lowest BCUT2D eigenvalue weighted by molar-refractivity contribution is -0.141. The van der Waals surface area contributed by atoms with Crippen molar-refractivity contribution in [1.82, 2.24) is 14.8 Å². The van der Waals surface area contributed by atoms with E-state index in [0.29, 0.717) is 27.0 Å². The minimum absolute atomic E-state index is 0.332. The van der Waals surface area contributed by atoms with E-state index in [2.05, 4.69) is 15.4 Å². The molecule has 0 unspecified atom stereocenters. The van der Waals surface area contributed by atoms with E-state index < -0.39 is 11.9 Å². The molecule has 160 valence electrons. The van der Waals surface area contributed by atoms with Gasteiger partial charge in [-0.05, 0) is 53.9 Å². The lowest BCUT2D eigenvalue weighted by Crippen LogP contribution is -2.12. The fraction of sp³-hybridized carbons (Fsp3) is 0.0455. The number of nitrogens with zero attached hydrogens (tertiary/aromatic N) is 3. The van der Waals surface area contributed by atoms with Gasteiger partial charge in [0.05, 0.1) is 26.5 Å². The maximum atomic E-state index is 13.3. The van der Waals surface area contributed by atoms with Crippen molar-refractivity contribution >= 4 is 43.9 Å². The van der Waals surface area contributed by atoms with Crippen LogP contribution in [0.2, 0.25) is 0 Å². The second-order valence-electron chi connectivity index (χ2n) is 6.79. The fourth-order valence-corrected chi connectivity index (χ4v) is 4.75. The Hall–Kier alpha value is -3.50. The van der Waals surface area contributed by atoms with E-state index in [0.717, 1.165) is 16.3 Å². The molecule has 0 radical (unpaired) electrons. The molecule has 0 saturated heterocycles. The molecule has 5 rings (SSSR count). The zero-order chi connectivity index (χ0) is 22.3. The number of alkyl halides is 3. The number of aromatic nitrogens is 3. The van der Waals surface area contributed by atoms with E-state index in [1.165, 1.54) is 27.4 Å². The Labute approximate surface area is 187 Å². The summed E-state index contributed by atoms with van der Waals surface area (Å²) < 4.78 is 42.0. The highest BCUT2D eigenvalue weighted by atomic mass is 32.1. The Morgan fingerprint density at radius 2 is 1.78 bits per heavy atom. The fourth-order valence-electron chi connectivity index (χ4n) is 3.17. The van der Waals surface area contributed by atoms with Gasteiger partial charge >= 0.3 is 6.18 Å². The van der Waals surface area contributed by atoms with E-state index in [4.69, 9.17) is 0 Å². The van der Waals surface area contributed by atoms with Gasteiger partial charge in [-0.3, -0.25) is 10.1 Å². The molecule has 2 aromatic carbocycles. The summed E-state index contributed by atoms with van der Waals surface area (Å²) in [5.41, 5.74) is 0.926. The summed E-state index contributed by atoms with van der Waals surface area (Å²) in [6, 6.07) is 18.3. The van der Waals surface area contributed by atoms with Crippen molar-refractivity contribution in [2.75, 3.05) is 5.32 Å². The third kappa shape index (κ3) is 3.90. The average molecular weight is 471 g/mol. The number of para-hydroxylation sites is 1. The van der Waals surface area contributed by atoms with Crippen LogP contribution in [0.5, 0.6) is 0 Å². The summed E-state index contributed by atoms with van der Waals surface area (Å²) in [5.74, 6) is -0.356. The molecule has 0 bridgehead atoms. The van der Waals surface area contributed by atoms with Crippen molar-refractivity contribution in [1.29, 1.82) is 0 Å². The standard InChI is InChI=1S/C22H13F3N4OS2/c23-22(24,25)19-12-16(18-6-3-11-31-18)29(28-19)14-9-7-13(8-10-14)20(30)27-21-26-15-4-1-2-5-17(15)32-21/h1-12H,(H,26,27,30). The van der Waals surface area contributed by atoms with E-state index in [9.17, 15) is 18.0 Å². The topological polar surface area (TPSA) is 59.8 Å². The van der Waals surface area contributed by atoms with Crippen molar-refractivity contribution in [3.05, 3.63) is 83.4 Å². The summed E-state index contributed by atoms with van der Waals surface area (Å²) >= 11 is 2.68. The zero-order valence-electron chi connectivity index (χ0n) is 16.1. The van der Waals surface area contributed by atoms with Crippen LogP contribution in [-0.2, 0) is 6.18 Å². The van der Waals surface area contributed by atoms with Crippen LogP contribution in [-0.4, -0.2) is 20.7 Å². The summed E-state index contributed by atoms with van der Waals surface area (Å²) in [6.07, 6.45) is -4.56. The van der Waals surface area contributed by atoms with Crippen LogP contribution in [0.25, 0.3) is 26.5 Å². The largest absolute Gasteiger partial charge is 0.435 e. The number of thiazole rings is 1. The molecular formula is C22H13F3N4OS2. The number of amides is 1. The van der Waals surface area contributed by atoms with Crippen LogP contribution in [0, 0.1) is 0 Å². The number of halogens is 3. The Morgan fingerprint density at radius 3 is 2.47 bits per heavy atom. The average Bonchev–Trinajstić information content (AvgIpc) is 3.51. The SMILES string of the molecule is O=C(Nc1nc2ccccc2s1)c1ccc(-n2nc(C(F)(F)F)cc2-c2cccs2)cc1. The smallest absolute Gasteiger partial charge is 0.298 e. The Morgan fingerprint density at radius 1 is 1.00 bits per heavy atom. The van der Waals surface area contributed by atoms with E-state index >= 15 is 0 Å². The Balaban J connectivity index is 1.43. The van der Waals surface area contributed by atoms with Gasteiger partial charge in [-0.25, -0.2) is 9.67 Å². The monoisotopic (exact) mass is 470 g/mol. The molecule has 3 aromatic heterocycles. The summed E-state index contributed by atoms with van der Waals surface area (Å²) in [6.45, 7) is 0. The number of thiophene rings is 1. The van der Waals surface area contributed by atoms with Gasteiger partial charge in [-0.15, -0.1) is 11.3 Å². The maximum absolute atomic E-state index is 13.3. The van der Waals surface area contributed by atoms with Gasteiger partial charge in [-0.2, -0.15) is 18.3 Å². The molecule has 0 aliphatic heterocycles. The molecular weight excluding hydrogens is 457 g/mol. The minimum Gasteiger partial charge on any atom is -0.298 e.